The van der Waals surface area contributed by atoms with E-state index in [-0.39, 0.29) is 11.6 Å². The van der Waals surface area contributed by atoms with E-state index in [9.17, 15) is 4.79 Å². The van der Waals surface area contributed by atoms with E-state index in [0.29, 0.717) is 6.04 Å². The molecule has 7 rings (SSSR count). The summed E-state index contributed by atoms with van der Waals surface area (Å²) in [5, 5.41) is 3.55. The number of hydrogen-bond donors (Lipinski definition) is 1. The van der Waals surface area contributed by atoms with Gasteiger partial charge in [-0.1, -0.05) is 6.07 Å². The van der Waals surface area contributed by atoms with Gasteiger partial charge < -0.3 is 14.8 Å². The summed E-state index contributed by atoms with van der Waals surface area (Å²) in [5.74, 6) is 2.60. The van der Waals surface area contributed by atoms with E-state index in [1.807, 2.05) is 6.33 Å². The summed E-state index contributed by atoms with van der Waals surface area (Å²) in [6, 6.07) is 7.13. The first-order valence-corrected chi connectivity index (χ1v) is 11.6. The van der Waals surface area contributed by atoms with Crippen LogP contribution in [0, 0.1) is 24.7 Å². The average molecular weight is 393 g/mol. The highest BCUT2D eigenvalue weighted by atomic mass is 16.2. The SMILES string of the molecule is Cc1ccc2c(c1)ncn2C1CCN(C(=O)NC23CC4CC(CC(C4)C2)C3)CC1. The quantitative estimate of drug-likeness (QED) is 0.808. The van der Waals surface area contributed by atoms with Crippen molar-refractivity contribution in [3.8, 4) is 0 Å². The first-order valence-electron chi connectivity index (χ1n) is 11.6. The number of urea groups is 1. The van der Waals surface area contributed by atoms with E-state index >= 15 is 0 Å². The molecule has 0 atom stereocenters. The van der Waals surface area contributed by atoms with Gasteiger partial charge in [0, 0.05) is 24.7 Å². The molecule has 5 nitrogen and oxygen atoms in total. The second kappa shape index (κ2) is 6.48. The number of amides is 2. The Labute approximate surface area is 172 Å². The second-order valence-electron chi connectivity index (χ2n) is 10.5. The van der Waals surface area contributed by atoms with E-state index in [1.165, 1.54) is 49.6 Å². The molecule has 0 spiro atoms. The molecule has 4 aliphatic carbocycles. The molecule has 2 amide bonds. The molecule has 29 heavy (non-hydrogen) atoms. The number of benzene rings is 1. The van der Waals surface area contributed by atoms with Gasteiger partial charge in [-0.05, 0) is 93.7 Å². The number of rotatable bonds is 2. The van der Waals surface area contributed by atoms with Crippen molar-refractivity contribution >= 4 is 17.1 Å². The maximum atomic E-state index is 13.1. The van der Waals surface area contributed by atoms with Gasteiger partial charge in [0.25, 0.3) is 0 Å². The van der Waals surface area contributed by atoms with Gasteiger partial charge in [-0.2, -0.15) is 0 Å². The van der Waals surface area contributed by atoms with Gasteiger partial charge in [0.05, 0.1) is 17.4 Å². The summed E-state index contributed by atoms with van der Waals surface area (Å²) in [6.45, 7) is 3.79. The minimum atomic E-state index is 0.112. The van der Waals surface area contributed by atoms with Crippen LogP contribution in [0.2, 0.25) is 0 Å². The fourth-order valence-corrected chi connectivity index (χ4v) is 7.35. The Kier molecular flexibility index (Phi) is 3.97. The van der Waals surface area contributed by atoms with Gasteiger partial charge in [-0.3, -0.25) is 0 Å². The monoisotopic (exact) mass is 392 g/mol. The van der Waals surface area contributed by atoms with E-state index in [4.69, 9.17) is 0 Å². The largest absolute Gasteiger partial charge is 0.333 e. The number of carbonyl (C=O) groups is 1. The number of imidazole rings is 1. The molecule has 1 saturated heterocycles. The molecule has 0 radical (unpaired) electrons. The van der Waals surface area contributed by atoms with Crippen LogP contribution in [0.25, 0.3) is 11.0 Å². The molecular formula is C24H32N4O. The Morgan fingerprint density at radius 1 is 1.07 bits per heavy atom. The molecule has 1 aliphatic heterocycles. The minimum absolute atomic E-state index is 0.112. The fourth-order valence-electron chi connectivity index (χ4n) is 7.35. The lowest BCUT2D eigenvalue weighted by Gasteiger charge is -2.57. The summed E-state index contributed by atoms with van der Waals surface area (Å²) in [4.78, 5) is 19.8. The van der Waals surface area contributed by atoms with Crippen LogP contribution in [0.1, 0.15) is 63.0 Å². The molecule has 154 valence electrons. The van der Waals surface area contributed by atoms with Crippen LogP contribution in [-0.4, -0.2) is 39.1 Å². The van der Waals surface area contributed by atoms with Crippen molar-refractivity contribution in [2.45, 2.75) is 69.9 Å². The van der Waals surface area contributed by atoms with E-state index < -0.39 is 0 Å². The van der Waals surface area contributed by atoms with Gasteiger partial charge in [0.2, 0.25) is 0 Å². The average Bonchev–Trinajstić information content (AvgIpc) is 3.09. The lowest BCUT2D eigenvalue weighted by molar-refractivity contribution is -0.0161. The van der Waals surface area contributed by atoms with Gasteiger partial charge in [-0.15, -0.1) is 0 Å². The molecule has 2 heterocycles. The summed E-state index contributed by atoms with van der Waals surface area (Å²) < 4.78 is 2.32. The molecule has 4 bridgehead atoms. The topological polar surface area (TPSA) is 50.2 Å². The maximum absolute atomic E-state index is 13.1. The first-order chi connectivity index (χ1) is 14.1. The number of nitrogens with zero attached hydrogens (tertiary/aromatic N) is 3. The Morgan fingerprint density at radius 3 is 2.38 bits per heavy atom. The minimum Gasteiger partial charge on any atom is -0.333 e. The molecule has 2 aromatic rings. The second-order valence-corrected chi connectivity index (χ2v) is 10.5. The van der Waals surface area contributed by atoms with E-state index in [1.54, 1.807) is 0 Å². The number of nitrogens with one attached hydrogen (secondary N) is 1. The Balaban J connectivity index is 1.11. The van der Waals surface area contributed by atoms with Crippen molar-refractivity contribution in [3.05, 3.63) is 30.1 Å². The normalized spacial score (nSPS) is 34.1. The van der Waals surface area contributed by atoms with Crippen molar-refractivity contribution < 1.29 is 4.79 Å². The van der Waals surface area contributed by atoms with Gasteiger partial charge in [0.1, 0.15) is 0 Å². The van der Waals surface area contributed by atoms with E-state index in [2.05, 4.69) is 44.9 Å². The number of likely N-dealkylation sites (tertiary alicyclic amines) is 1. The molecule has 5 heteroatoms. The Hall–Kier alpha value is -2.04. The summed E-state index contributed by atoms with van der Waals surface area (Å²) in [5.41, 5.74) is 3.65. The van der Waals surface area contributed by atoms with Gasteiger partial charge >= 0.3 is 6.03 Å². The summed E-state index contributed by atoms with van der Waals surface area (Å²) in [7, 11) is 0. The van der Waals surface area contributed by atoms with E-state index in [0.717, 1.165) is 49.2 Å². The predicted molar refractivity (Wildman–Crippen MR) is 114 cm³/mol. The highest BCUT2D eigenvalue weighted by molar-refractivity contribution is 5.76. The zero-order chi connectivity index (χ0) is 19.6. The van der Waals surface area contributed by atoms with Crippen molar-refractivity contribution in [3.63, 3.8) is 0 Å². The zero-order valence-electron chi connectivity index (χ0n) is 17.4. The van der Waals surface area contributed by atoms with Crippen molar-refractivity contribution in [1.82, 2.24) is 19.8 Å². The number of carbonyl (C=O) groups excluding carboxylic acids is 1. The molecular weight excluding hydrogens is 360 g/mol. The number of piperidine rings is 1. The number of hydrogen-bond acceptors (Lipinski definition) is 2. The molecule has 1 N–H and O–H groups in total. The van der Waals surface area contributed by atoms with Crippen molar-refractivity contribution in [2.24, 2.45) is 17.8 Å². The predicted octanol–water partition coefficient (Wildman–Crippen LogP) is 4.66. The highest BCUT2D eigenvalue weighted by Gasteiger charge is 2.51. The molecule has 0 unspecified atom stereocenters. The molecule has 5 fully saturated rings. The Morgan fingerprint density at radius 2 is 1.72 bits per heavy atom. The lowest BCUT2D eigenvalue weighted by Crippen LogP contribution is -2.62. The van der Waals surface area contributed by atoms with Crippen LogP contribution in [0.3, 0.4) is 0 Å². The first kappa shape index (κ1) is 17.8. The zero-order valence-corrected chi connectivity index (χ0v) is 17.4. The number of aromatic nitrogens is 2. The van der Waals surface area contributed by atoms with Crippen LogP contribution in [0.5, 0.6) is 0 Å². The standard InChI is InChI=1S/C24H32N4O/c1-16-2-3-22-21(8-16)25-15-28(22)20-4-6-27(7-5-20)23(29)26-24-12-17-9-18(13-24)11-19(10-17)14-24/h2-3,8,15,17-20H,4-7,9-14H2,1H3,(H,26,29). The third kappa shape index (κ3) is 3.04. The van der Waals surface area contributed by atoms with Crippen molar-refractivity contribution in [1.29, 1.82) is 0 Å². The maximum Gasteiger partial charge on any atom is 0.317 e. The van der Waals surface area contributed by atoms with Crippen LogP contribution in [-0.2, 0) is 0 Å². The van der Waals surface area contributed by atoms with Crippen LogP contribution in [0.15, 0.2) is 24.5 Å². The Bertz CT molecular complexity index is 904. The van der Waals surface area contributed by atoms with Gasteiger partial charge in [0.15, 0.2) is 0 Å². The number of aryl methyl sites for hydroxylation is 1. The van der Waals surface area contributed by atoms with Crippen molar-refractivity contribution in [2.75, 3.05) is 13.1 Å². The molecule has 4 saturated carbocycles. The van der Waals surface area contributed by atoms with Gasteiger partial charge in [-0.25, -0.2) is 9.78 Å². The third-order valence-corrected chi connectivity index (χ3v) is 8.29. The van der Waals surface area contributed by atoms with Crippen LogP contribution >= 0.6 is 0 Å². The highest BCUT2D eigenvalue weighted by Crippen LogP contribution is 2.55. The van der Waals surface area contributed by atoms with Crippen LogP contribution in [0.4, 0.5) is 4.79 Å². The summed E-state index contributed by atoms with van der Waals surface area (Å²) in [6.07, 6.45) is 11.9. The smallest absolute Gasteiger partial charge is 0.317 e. The molecule has 5 aliphatic rings. The fraction of sp³-hybridized carbons (Fsp3) is 0.667. The molecule has 1 aromatic carbocycles. The van der Waals surface area contributed by atoms with Crippen LogP contribution < -0.4 is 5.32 Å². The molecule has 1 aromatic heterocycles. The number of fused-ring (bicyclic) bond motifs is 1. The summed E-state index contributed by atoms with van der Waals surface area (Å²) >= 11 is 0. The lowest BCUT2D eigenvalue weighted by atomic mass is 9.53. The third-order valence-electron chi connectivity index (χ3n) is 8.29.